The Kier molecular flexibility index (Phi) is 20.7. The van der Waals surface area contributed by atoms with Crippen molar-refractivity contribution >= 4 is 29.5 Å². The number of carbonyl (C=O) groups is 3. The molecule has 0 fully saturated rings. The predicted molar refractivity (Wildman–Crippen MR) is 200 cm³/mol. The van der Waals surface area contributed by atoms with E-state index in [1.165, 1.54) is 29.9 Å². The molecule has 50 heavy (non-hydrogen) atoms. The van der Waals surface area contributed by atoms with E-state index in [9.17, 15) is 29.7 Å². The van der Waals surface area contributed by atoms with E-state index >= 15 is 0 Å². The van der Waals surface area contributed by atoms with E-state index in [1.807, 2.05) is 12.2 Å². The zero-order valence-electron chi connectivity index (χ0n) is 29.0. The van der Waals surface area contributed by atoms with Crippen LogP contribution in [0, 0.1) is 0 Å². The molecule has 270 valence electrons. The van der Waals surface area contributed by atoms with Gasteiger partial charge in [0.1, 0.15) is 11.8 Å². The Bertz CT molecular complexity index is 1520. The first-order valence-corrected chi connectivity index (χ1v) is 17.8. The molecule has 2 rings (SSSR count). The highest BCUT2D eigenvalue weighted by Crippen LogP contribution is 2.35. The molecule has 2 aromatic rings. The largest absolute Gasteiger partial charge is 0.507 e. The SMILES string of the molecule is CCC=CCC=CCC=CCC=CCC=CCC=CCCC(=O)NCCn1c(O)cc(SC[C@H](NC(=O)c2ccccc2O)C(=O)OC)c1O. The van der Waals surface area contributed by atoms with Crippen molar-refractivity contribution in [2.45, 2.75) is 75.8 Å². The number of esters is 1. The zero-order chi connectivity index (χ0) is 36.4. The van der Waals surface area contributed by atoms with Gasteiger partial charge in [0, 0.05) is 31.3 Å². The van der Waals surface area contributed by atoms with Crippen molar-refractivity contribution in [1.29, 1.82) is 0 Å². The quantitative estimate of drug-likeness (QED) is 0.0461. The third-order valence-electron chi connectivity index (χ3n) is 7.15. The Morgan fingerprint density at radius 3 is 1.96 bits per heavy atom. The summed E-state index contributed by atoms with van der Waals surface area (Å²) in [5.41, 5.74) is -0.00236. The van der Waals surface area contributed by atoms with Gasteiger partial charge in [0.05, 0.1) is 17.6 Å². The van der Waals surface area contributed by atoms with E-state index in [0.717, 1.165) is 50.3 Å². The number of ether oxygens (including phenoxy) is 1. The number of phenolic OH excluding ortho intramolecular Hbond substituents is 1. The number of carbonyl (C=O) groups excluding carboxylic acids is 3. The summed E-state index contributed by atoms with van der Waals surface area (Å²) in [4.78, 5) is 37.4. The lowest BCUT2D eigenvalue weighted by atomic mass is 10.2. The van der Waals surface area contributed by atoms with Crippen LogP contribution in [0.25, 0.3) is 0 Å². The Labute approximate surface area is 300 Å². The summed E-state index contributed by atoms with van der Waals surface area (Å²) < 4.78 is 6.03. The highest BCUT2D eigenvalue weighted by molar-refractivity contribution is 7.99. The van der Waals surface area contributed by atoms with E-state index in [2.05, 4.69) is 78.3 Å². The fourth-order valence-electron chi connectivity index (χ4n) is 4.46. The fourth-order valence-corrected chi connectivity index (χ4v) is 5.46. The molecule has 0 bridgehead atoms. The van der Waals surface area contributed by atoms with Crippen LogP contribution in [0.4, 0.5) is 0 Å². The number of para-hydroxylation sites is 1. The second-order valence-corrected chi connectivity index (χ2v) is 12.1. The van der Waals surface area contributed by atoms with Gasteiger partial charge in [0.2, 0.25) is 11.8 Å². The van der Waals surface area contributed by atoms with Crippen molar-refractivity contribution in [2.24, 2.45) is 0 Å². The lowest BCUT2D eigenvalue weighted by molar-refractivity contribution is -0.142. The number of aromatic nitrogens is 1. The predicted octanol–water partition coefficient (Wildman–Crippen LogP) is 7.26. The average molecular weight is 706 g/mol. The number of rotatable bonds is 23. The number of allylic oxidation sites excluding steroid dienone is 12. The number of benzene rings is 1. The third kappa shape index (κ3) is 16.5. The molecular formula is C39H51N3O7S. The monoisotopic (exact) mass is 705 g/mol. The number of aromatic hydroxyl groups is 3. The van der Waals surface area contributed by atoms with Crippen molar-refractivity contribution in [3.63, 3.8) is 0 Å². The number of nitrogens with zero attached hydrogens (tertiary/aromatic N) is 1. The normalized spacial score (nSPS) is 12.7. The standard InChI is InChI=1S/C39H51N3O7S/c1-3-4-5-6-7-8-9-10-11-12-13-14-15-16-17-18-19-20-21-26-35(44)40-27-28-42-36(45)29-34(38(42)47)50-30-32(39(48)49-2)41-37(46)31-24-22-23-25-33(31)43/h4-5,7-8,10-11,13-14,16-17,19-20,22-25,29,32,43,45,47H,3,6,9,12,15,18,21,26-28,30H2,1-2H3,(H,40,44)(H,41,46)/t32-/m0/s1. The van der Waals surface area contributed by atoms with E-state index in [0.29, 0.717) is 12.8 Å². The maximum atomic E-state index is 12.6. The average Bonchev–Trinajstić information content (AvgIpc) is 3.38. The van der Waals surface area contributed by atoms with Crippen LogP contribution in [0.5, 0.6) is 17.5 Å². The van der Waals surface area contributed by atoms with Crippen molar-refractivity contribution in [3.05, 3.63) is 109 Å². The maximum Gasteiger partial charge on any atom is 0.329 e. The molecule has 0 aliphatic rings. The smallest absolute Gasteiger partial charge is 0.329 e. The van der Waals surface area contributed by atoms with Gasteiger partial charge >= 0.3 is 5.97 Å². The lowest BCUT2D eigenvalue weighted by Gasteiger charge is -2.16. The van der Waals surface area contributed by atoms with Crippen LogP contribution in [-0.2, 0) is 20.9 Å². The van der Waals surface area contributed by atoms with E-state index < -0.39 is 17.9 Å². The third-order valence-corrected chi connectivity index (χ3v) is 8.26. The molecule has 1 atom stereocenters. The van der Waals surface area contributed by atoms with E-state index in [1.54, 1.807) is 12.1 Å². The van der Waals surface area contributed by atoms with Gasteiger partial charge in [-0.1, -0.05) is 92.0 Å². The molecule has 10 nitrogen and oxygen atoms in total. The van der Waals surface area contributed by atoms with Crippen LogP contribution in [0.3, 0.4) is 0 Å². The molecule has 0 radical (unpaired) electrons. The van der Waals surface area contributed by atoms with Crippen molar-refractivity contribution < 1.29 is 34.4 Å². The first-order valence-electron chi connectivity index (χ1n) is 16.9. The summed E-state index contributed by atoms with van der Waals surface area (Å²) in [6.45, 7) is 2.44. The van der Waals surface area contributed by atoms with Gasteiger partial charge < -0.3 is 30.7 Å². The van der Waals surface area contributed by atoms with Crippen LogP contribution in [0.15, 0.2) is 108 Å². The molecular weight excluding hydrogens is 655 g/mol. The number of hydrogen-bond acceptors (Lipinski definition) is 8. The minimum atomic E-state index is -1.09. The minimum Gasteiger partial charge on any atom is -0.507 e. The van der Waals surface area contributed by atoms with Gasteiger partial charge in [-0.15, -0.1) is 11.8 Å². The summed E-state index contributed by atoms with van der Waals surface area (Å²) in [5, 5.41) is 36.3. The first kappa shape index (κ1) is 41.3. The Balaban J connectivity index is 1.65. The molecule has 1 aromatic heterocycles. The summed E-state index contributed by atoms with van der Waals surface area (Å²) in [6.07, 6.45) is 32.2. The Hall–Kier alpha value is -4.90. The highest BCUT2D eigenvalue weighted by atomic mass is 32.2. The highest BCUT2D eigenvalue weighted by Gasteiger charge is 2.25. The summed E-state index contributed by atoms with van der Waals surface area (Å²) in [5.74, 6) is -2.24. The number of amides is 2. The van der Waals surface area contributed by atoms with Gasteiger partial charge in [-0.05, 0) is 57.1 Å². The Morgan fingerprint density at radius 2 is 1.40 bits per heavy atom. The maximum absolute atomic E-state index is 12.6. The molecule has 1 aromatic carbocycles. The molecule has 11 heteroatoms. The zero-order valence-corrected chi connectivity index (χ0v) is 29.8. The number of hydrogen-bond donors (Lipinski definition) is 5. The van der Waals surface area contributed by atoms with Gasteiger partial charge in [0.25, 0.3) is 5.91 Å². The molecule has 0 spiro atoms. The molecule has 0 unspecified atom stereocenters. The number of nitrogens with one attached hydrogen (secondary N) is 2. The molecule has 0 aliphatic carbocycles. The number of phenols is 1. The van der Waals surface area contributed by atoms with E-state index in [-0.39, 0.29) is 52.7 Å². The topological polar surface area (TPSA) is 150 Å². The Morgan fingerprint density at radius 1 is 0.840 bits per heavy atom. The lowest BCUT2D eigenvalue weighted by Crippen LogP contribution is -2.43. The van der Waals surface area contributed by atoms with Crippen molar-refractivity contribution in [1.82, 2.24) is 15.2 Å². The van der Waals surface area contributed by atoms with Crippen LogP contribution in [0.2, 0.25) is 0 Å². The van der Waals surface area contributed by atoms with Crippen LogP contribution in [0.1, 0.15) is 68.6 Å². The van der Waals surface area contributed by atoms with Gasteiger partial charge in [-0.25, -0.2) is 4.79 Å². The number of thioether (sulfide) groups is 1. The molecule has 5 N–H and O–H groups in total. The van der Waals surface area contributed by atoms with Crippen LogP contribution < -0.4 is 10.6 Å². The summed E-state index contributed by atoms with van der Waals surface area (Å²) >= 11 is 1.03. The fraction of sp³-hybridized carbons (Fsp3) is 0.359. The first-order chi connectivity index (χ1) is 24.3. The summed E-state index contributed by atoms with van der Waals surface area (Å²) in [6, 6.07) is 6.16. The van der Waals surface area contributed by atoms with Crippen LogP contribution >= 0.6 is 11.8 Å². The van der Waals surface area contributed by atoms with Crippen molar-refractivity contribution in [3.8, 4) is 17.5 Å². The minimum absolute atomic E-state index is 0.00236. The van der Waals surface area contributed by atoms with Gasteiger partial charge in [-0.3, -0.25) is 14.2 Å². The second-order valence-electron chi connectivity index (χ2n) is 11.0. The molecule has 0 aliphatic heterocycles. The molecule has 1 heterocycles. The number of methoxy groups -OCH3 is 1. The van der Waals surface area contributed by atoms with E-state index in [4.69, 9.17) is 4.74 Å². The second kappa shape index (κ2) is 25.1. The molecule has 2 amide bonds. The van der Waals surface area contributed by atoms with Crippen molar-refractivity contribution in [2.75, 3.05) is 19.4 Å². The van der Waals surface area contributed by atoms with Crippen LogP contribution in [-0.4, -0.2) is 63.1 Å². The molecule has 0 saturated heterocycles. The van der Waals surface area contributed by atoms with Gasteiger partial charge in [-0.2, -0.15) is 0 Å². The summed E-state index contributed by atoms with van der Waals surface area (Å²) in [7, 11) is 1.18. The van der Waals surface area contributed by atoms with Gasteiger partial charge in [0.15, 0.2) is 5.88 Å². The molecule has 0 saturated carbocycles.